The molecule has 2 saturated heterocycles. The fourth-order valence-corrected chi connectivity index (χ4v) is 4.12. The number of piperazine rings is 2. The van der Waals surface area contributed by atoms with E-state index in [0.717, 1.165) is 74.7 Å². The second kappa shape index (κ2) is 15.4. The van der Waals surface area contributed by atoms with Gasteiger partial charge in [-0.25, -0.2) is 9.59 Å². The van der Waals surface area contributed by atoms with Gasteiger partial charge in [-0.3, -0.25) is 4.79 Å². The Morgan fingerprint density at radius 2 is 1.07 bits per heavy atom. The number of benzene rings is 2. The highest BCUT2D eigenvalue weighted by molar-refractivity contribution is 6.06. The molecule has 0 unspecified atom stereocenters. The molecule has 0 atom stereocenters. The fourth-order valence-electron chi connectivity index (χ4n) is 4.12. The third kappa shape index (κ3) is 11.3. The molecule has 43 heavy (non-hydrogen) atoms. The Hall–Kier alpha value is -4.05. The molecule has 0 bridgehead atoms. The lowest BCUT2D eigenvalue weighted by Crippen LogP contribution is -2.43. The first kappa shape index (κ1) is 35.1. The number of nitrogens with zero attached hydrogens (tertiary/aromatic N) is 2. The van der Waals surface area contributed by atoms with Crippen LogP contribution in [-0.2, 0) is 9.59 Å². The number of amides is 1. The Labute approximate surface area is 243 Å². The number of aliphatic carboxylic acids is 2. The van der Waals surface area contributed by atoms with E-state index in [0.29, 0.717) is 0 Å². The number of hydrogen-bond donors (Lipinski definition) is 5. The molecule has 0 aliphatic carbocycles. The number of hydrogen-bond acceptors (Lipinski definition) is 7. The standard InChI is InChI=1S/C23H31N5O.2C2HF3O2/c1-17-15-19(27-11-7-24-8-12-27)3-5-21(17)23(29)26-22-6-4-20(16-18(22)2)28-13-9-25-10-14-28;2*3-2(4,5)1(6)7/h3-6,15-16,24-25H,7-14H2,1-2H3,(H,26,29);2*(H,6,7). The second-order valence-electron chi connectivity index (χ2n) is 9.53. The molecule has 1 amide bonds. The molecule has 5 N–H and O–H groups in total. The van der Waals surface area contributed by atoms with Crippen LogP contribution in [0.15, 0.2) is 36.4 Å². The molecule has 10 nitrogen and oxygen atoms in total. The van der Waals surface area contributed by atoms with Gasteiger partial charge in [0.25, 0.3) is 5.91 Å². The van der Waals surface area contributed by atoms with Crippen LogP contribution < -0.4 is 25.8 Å². The number of halogens is 6. The number of alkyl halides is 6. The van der Waals surface area contributed by atoms with Crippen LogP contribution in [0.5, 0.6) is 0 Å². The van der Waals surface area contributed by atoms with Crippen molar-refractivity contribution in [2.45, 2.75) is 26.2 Å². The Kier molecular flexibility index (Phi) is 12.6. The number of nitrogens with one attached hydrogen (secondary N) is 3. The maximum atomic E-state index is 12.9. The van der Waals surface area contributed by atoms with E-state index >= 15 is 0 Å². The van der Waals surface area contributed by atoms with Crippen molar-refractivity contribution in [1.82, 2.24) is 10.6 Å². The highest BCUT2D eigenvalue weighted by atomic mass is 19.4. The van der Waals surface area contributed by atoms with Crippen LogP contribution in [0.3, 0.4) is 0 Å². The summed E-state index contributed by atoms with van der Waals surface area (Å²) in [6.07, 6.45) is -10.2. The van der Waals surface area contributed by atoms with Crippen LogP contribution in [-0.4, -0.2) is 92.8 Å². The minimum absolute atomic E-state index is 0.0487. The summed E-state index contributed by atoms with van der Waals surface area (Å²) in [4.78, 5) is 35.4. The molecule has 2 heterocycles. The number of anilines is 3. The average Bonchev–Trinajstić information content (AvgIpc) is 2.94. The van der Waals surface area contributed by atoms with E-state index in [1.165, 1.54) is 11.4 Å². The van der Waals surface area contributed by atoms with Gasteiger partial charge in [-0.05, 0) is 61.4 Å². The highest BCUT2D eigenvalue weighted by Gasteiger charge is 2.38. The van der Waals surface area contributed by atoms with Crippen molar-refractivity contribution in [2.75, 3.05) is 67.5 Å². The van der Waals surface area contributed by atoms with Gasteiger partial charge < -0.3 is 36.0 Å². The third-order valence-electron chi connectivity index (χ3n) is 6.36. The van der Waals surface area contributed by atoms with Crippen LogP contribution in [0, 0.1) is 13.8 Å². The topological polar surface area (TPSA) is 134 Å². The molecule has 4 rings (SSSR count). The molecule has 2 fully saturated rings. The Balaban J connectivity index is 0.000000384. The van der Waals surface area contributed by atoms with Crippen molar-refractivity contribution in [3.63, 3.8) is 0 Å². The molecule has 0 radical (unpaired) electrons. The predicted molar refractivity (Wildman–Crippen MR) is 148 cm³/mol. The minimum atomic E-state index is -5.08. The van der Waals surface area contributed by atoms with Crippen LogP contribution in [0.2, 0.25) is 0 Å². The molecule has 2 aliphatic heterocycles. The minimum Gasteiger partial charge on any atom is -0.475 e. The fraction of sp³-hybridized carbons (Fsp3) is 0.444. The van der Waals surface area contributed by atoms with Gasteiger partial charge in [0.15, 0.2) is 0 Å². The van der Waals surface area contributed by atoms with E-state index in [1.54, 1.807) is 0 Å². The lowest BCUT2D eigenvalue weighted by molar-refractivity contribution is -0.193. The van der Waals surface area contributed by atoms with E-state index in [2.05, 4.69) is 56.9 Å². The summed E-state index contributed by atoms with van der Waals surface area (Å²) in [5.74, 6) is -5.56. The number of carboxylic acids is 2. The zero-order valence-corrected chi connectivity index (χ0v) is 23.4. The maximum absolute atomic E-state index is 12.9. The molecule has 0 aromatic heterocycles. The highest BCUT2D eigenvalue weighted by Crippen LogP contribution is 2.25. The SMILES string of the molecule is Cc1cc(N2CCNCC2)ccc1NC(=O)c1ccc(N2CCNCC2)cc1C.O=C(O)C(F)(F)F.O=C(O)C(F)(F)F. The van der Waals surface area contributed by atoms with Gasteiger partial charge in [0, 0.05) is 75.0 Å². The van der Waals surface area contributed by atoms with E-state index in [1.807, 2.05) is 19.1 Å². The van der Waals surface area contributed by atoms with E-state index < -0.39 is 24.3 Å². The lowest BCUT2D eigenvalue weighted by Gasteiger charge is -2.30. The average molecular weight is 622 g/mol. The largest absolute Gasteiger partial charge is 0.490 e. The van der Waals surface area contributed by atoms with Crippen molar-refractivity contribution in [3.8, 4) is 0 Å². The van der Waals surface area contributed by atoms with Crippen molar-refractivity contribution in [2.24, 2.45) is 0 Å². The quantitative estimate of drug-likeness (QED) is 0.325. The van der Waals surface area contributed by atoms with E-state index in [4.69, 9.17) is 19.8 Å². The van der Waals surface area contributed by atoms with Crippen molar-refractivity contribution in [3.05, 3.63) is 53.1 Å². The first-order valence-electron chi connectivity index (χ1n) is 13.0. The molecule has 0 saturated carbocycles. The number of aryl methyl sites for hydroxylation is 2. The van der Waals surface area contributed by atoms with Crippen LogP contribution in [0.4, 0.5) is 43.4 Å². The van der Waals surface area contributed by atoms with Crippen LogP contribution in [0.1, 0.15) is 21.5 Å². The summed E-state index contributed by atoms with van der Waals surface area (Å²) in [6.45, 7) is 12.2. The summed E-state index contributed by atoms with van der Waals surface area (Å²) in [5, 5.41) is 24.1. The Morgan fingerprint density at radius 1 is 0.698 bits per heavy atom. The van der Waals surface area contributed by atoms with Crippen molar-refractivity contribution >= 4 is 34.9 Å². The molecule has 238 valence electrons. The van der Waals surface area contributed by atoms with E-state index in [-0.39, 0.29) is 5.91 Å². The van der Waals surface area contributed by atoms with Crippen LogP contribution >= 0.6 is 0 Å². The molecule has 2 aliphatic rings. The van der Waals surface area contributed by atoms with Gasteiger partial charge in [0.1, 0.15) is 0 Å². The molecule has 0 spiro atoms. The third-order valence-corrected chi connectivity index (χ3v) is 6.36. The molecular weight excluding hydrogens is 588 g/mol. The van der Waals surface area contributed by atoms with Gasteiger partial charge in [-0.1, -0.05) is 0 Å². The smallest absolute Gasteiger partial charge is 0.475 e. The summed E-state index contributed by atoms with van der Waals surface area (Å²) < 4.78 is 63.5. The second-order valence-corrected chi connectivity index (χ2v) is 9.53. The van der Waals surface area contributed by atoms with E-state index in [9.17, 15) is 31.1 Å². The summed E-state index contributed by atoms with van der Waals surface area (Å²) in [6, 6.07) is 12.4. The molecule has 2 aromatic carbocycles. The van der Waals surface area contributed by atoms with Crippen molar-refractivity contribution < 1.29 is 50.9 Å². The van der Waals surface area contributed by atoms with Crippen LogP contribution in [0.25, 0.3) is 0 Å². The molecule has 16 heteroatoms. The van der Waals surface area contributed by atoms with Gasteiger partial charge >= 0.3 is 24.3 Å². The normalized spacial score (nSPS) is 15.3. The summed E-state index contributed by atoms with van der Waals surface area (Å²) >= 11 is 0. The Morgan fingerprint density at radius 3 is 1.42 bits per heavy atom. The number of rotatable bonds is 4. The van der Waals surface area contributed by atoms with Crippen molar-refractivity contribution in [1.29, 1.82) is 0 Å². The number of carbonyl (C=O) groups excluding carboxylic acids is 1. The zero-order chi connectivity index (χ0) is 32.4. The summed E-state index contributed by atoms with van der Waals surface area (Å²) in [7, 11) is 0. The summed E-state index contributed by atoms with van der Waals surface area (Å²) in [5.41, 5.74) is 6.11. The predicted octanol–water partition coefficient (Wildman–Crippen LogP) is 3.64. The maximum Gasteiger partial charge on any atom is 0.490 e. The Bertz CT molecular complexity index is 1240. The number of carboxylic acid groups (broad SMARTS) is 2. The monoisotopic (exact) mass is 621 g/mol. The van der Waals surface area contributed by atoms with Gasteiger partial charge in [-0.2, -0.15) is 26.3 Å². The van der Waals surface area contributed by atoms with Gasteiger partial charge in [-0.15, -0.1) is 0 Å². The first-order valence-corrected chi connectivity index (χ1v) is 13.0. The molecule has 2 aromatic rings. The number of carbonyl (C=O) groups is 3. The first-order chi connectivity index (χ1) is 20.0. The lowest BCUT2D eigenvalue weighted by atomic mass is 10.1. The zero-order valence-electron chi connectivity index (χ0n) is 23.4. The van der Waals surface area contributed by atoms with Gasteiger partial charge in [0.05, 0.1) is 0 Å². The van der Waals surface area contributed by atoms with Gasteiger partial charge in [0.2, 0.25) is 0 Å². The molecular formula is C27H33F6N5O5.